The number of fused-ring (bicyclic) bond motifs is 2. The molecule has 2 aliphatic rings. The van der Waals surface area contributed by atoms with E-state index < -0.39 is 6.10 Å². The molecule has 0 unspecified atom stereocenters. The summed E-state index contributed by atoms with van der Waals surface area (Å²) in [6.45, 7) is 6.89. The molecule has 1 aromatic heterocycles. The summed E-state index contributed by atoms with van der Waals surface area (Å²) in [6, 6.07) is 8.55. The number of carbonyl (C=O) groups excluding carboxylic acids is 1. The number of aryl methyl sites for hydroxylation is 1. The highest BCUT2D eigenvalue weighted by molar-refractivity contribution is 7.19. The lowest BCUT2D eigenvalue weighted by Crippen LogP contribution is -2.48. The van der Waals surface area contributed by atoms with Gasteiger partial charge in [0.15, 0.2) is 0 Å². The number of carbonyl (C=O) groups is 1. The molecule has 1 saturated heterocycles. The van der Waals surface area contributed by atoms with Gasteiger partial charge >= 0.3 is 0 Å². The van der Waals surface area contributed by atoms with Crippen molar-refractivity contribution in [2.75, 3.05) is 13.1 Å². The molecular formula is C20H26N2O2S. The second-order valence-corrected chi connectivity index (χ2v) is 8.84. The van der Waals surface area contributed by atoms with Crippen LogP contribution >= 0.6 is 11.3 Å². The molecule has 4 atom stereocenters. The third-order valence-electron chi connectivity index (χ3n) is 5.92. The van der Waals surface area contributed by atoms with Crippen molar-refractivity contribution in [2.24, 2.45) is 11.8 Å². The van der Waals surface area contributed by atoms with Gasteiger partial charge in [0, 0.05) is 36.1 Å². The summed E-state index contributed by atoms with van der Waals surface area (Å²) < 4.78 is 1.37. The first-order valence-electron chi connectivity index (χ1n) is 9.15. The zero-order chi connectivity index (χ0) is 17.6. The van der Waals surface area contributed by atoms with E-state index in [4.69, 9.17) is 0 Å². The number of amides is 1. The Kier molecular flexibility index (Phi) is 4.56. The third kappa shape index (κ3) is 3.33. The van der Waals surface area contributed by atoms with Gasteiger partial charge in [-0.3, -0.25) is 9.69 Å². The van der Waals surface area contributed by atoms with Crippen molar-refractivity contribution < 1.29 is 9.90 Å². The summed E-state index contributed by atoms with van der Waals surface area (Å²) in [6.07, 6.45) is 1.29. The van der Waals surface area contributed by atoms with E-state index in [9.17, 15) is 9.90 Å². The summed E-state index contributed by atoms with van der Waals surface area (Å²) in [7, 11) is 0. The van der Waals surface area contributed by atoms with Gasteiger partial charge in [-0.25, -0.2) is 0 Å². The van der Waals surface area contributed by atoms with Gasteiger partial charge in [-0.15, -0.1) is 11.3 Å². The highest BCUT2D eigenvalue weighted by Gasteiger charge is 2.41. The maximum Gasteiger partial charge on any atom is 0.217 e. The number of aliphatic hydroxyl groups excluding tert-OH is 1. The Balaban J connectivity index is 1.45. The van der Waals surface area contributed by atoms with E-state index in [1.54, 1.807) is 0 Å². The minimum atomic E-state index is -0.406. The number of thiophene rings is 1. The molecule has 1 saturated carbocycles. The zero-order valence-electron chi connectivity index (χ0n) is 14.9. The molecule has 5 heteroatoms. The average Bonchev–Trinajstić information content (AvgIpc) is 3.09. The fourth-order valence-corrected chi connectivity index (χ4v) is 5.91. The fourth-order valence-electron chi connectivity index (χ4n) is 4.65. The van der Waals surface area contributed by atoms with Gasteiger partial charge in [-0.2, -0.15) is 0 Å². The summed E-state index contributed by atoms with van der Waals surface area (Å²) in [5.74, 6) is 1.09. The van der Waals surface area contributed by atoms with Crippen LogP contribution in [0.15, 0.2) is 24.3 Å². The van der Waals surface area contributed by atoms with Crippen LogP contribution in [0, 0.1) is 18.8 Å². The second kappa shape index (κ2) is 6.71. The molecule has 1 aliphatic heterocycles. The van der Waals surface area contributed by atoms with Crippen LogP contribution in [0.4, 0.5) is 0 Å². The van der Waals surface area contributed by atoms with Gasteiger partial charge in [-0.05, 0) is 48.6 Å². The number of nitrogens with one attached hydrogen (secondary N) is 1. The first kappa shape index (κ1) is 17.0. The molecule has 0 bridgehead atoms. The first-order valence-corrected chi connectivity index (χ1v) is 9.97. The van der Waals surface area contributed by atoms with Crippen molar-refractivity contribution in [1.82, 2.24) is 10.2 Å². The normalized spacial score (nSPS) is 29.7. The van der Waals surface area contributed by atoms with Gasteiger partial charge in [0.2, 0.25) is 5.91 Å². The van der Waals surface area contributed by atoms with Crippen LogP contribution in [0.25, 0.3) is 10.1 Å². The lowest BCUT2D eigenvalue weighted by molar-refractivity contribution is -0.121. The van der Waals surface area contributed by atoms with E-state index in [-0.39, 0.29) is 11.9 Å². The number of benzene rings is 1. The number of likely N-dealkylation sites (tertiary alicyclic amines) is 1. The topological polar surface area (TPSA) is 52.6 Å². The van der Waals surface area contributed by atoms with E-state index in [1.165, 1.54) is 27.5 Å². The first-order chi connectivity index (χ1) is 12.0. The van der Waals surface area contributed by atoms with Crippen molar-refractivity contribution >= 4 is 27.3 Å². The Morgan fingerprint density at radius 1 is 1.28 bits per heavy atom. The van der Waals surface area contributed by atoms with E-state index in [2.05, 4.69) is 41.4 Å². The maximum atomic E-state index is 11.3. The molecule has 2 aromatic rings. The van der Waals surface area contributed by atoms with Crippen molar-refractivity contribution in [3.63, 3.8) is 0 Å². The van der Waals surface area contributed by atoms with Crippen LogP contribution in [0.5, 0.6) is 0 Å². The maximum absolute atomic E-state index is 11.3. The lowest BCUT2D eigenvalue weighted by atomic mass is 9.77. The van der Waals surface area contributed by atoms with Crippen LogP contribution in [0.2, 0.25) is 0 Å². The highest BCUT2D eigenvalue weighted by atomic mass is 32.1. The number of nitrogens with zero attached hydrogens (tertiary/aromatic N) is 1. The lowest BCUT2D eigenvalue weighted by Gasteiger charge is -2.35. The molecule has 25 heavy (non-hydrogen) atoms. The second-order valence-electron chi connectivity index (χ2n) is 7.71. The zero-order valence-corrected chi connectivity index (χ0v) is 15.7. The predicted octanol–water partition coefficient (Wildman–Crippen LogP) is 2.92. The molecule has 1 aromatic carbocycles. The van der Waals surface area contributed by atoms with Gasteiger partial charge in [0.1, 0.15) is 0 Å². The van der Waals surface area contributed by atoms with E-state index in [0.717, 1.165) is 32.5 Å². The molecule has 2 N–H and O–H groups in total. The van der Waals surface area contributed by atoms with Gasteiger partial charge in [-0.1, -0.05) is 18.2 Å². The van der Waals surface area contributed by atoms with Crippen LogP contribution in [-0.4, -0.2) is 41.1 Å². The molecular weight excluding hydrogens is 332 g/mol. The molecule has 4 rings (SSSR count). The highest BCUT2D eigenvalue weighted by Crippen LogP contribution is 2.38. The van der Waals surface area contributed by atoms with Crippen LogP contribution in [0.1, 0.15) is 30.2 Å². The molecule has 1 aliphatic carbocycles. The van der Waals surface area contributed by atoms with Gasteiger partial charge in [0.25, 0.3) is 0 Å². The Bertz CT molecular complexity index is 787. The molecule has 2 fully saturated rings. The number of hydrogen-bond donors (Lipinski definition) is 2. The number of rotatable bonds is 3. The van der Waals surface area contributed by atoms with Gasteiger partial charge < -0.3 is 10.4 Å². The number of aliphatic hydroxyl groups is 1. The van der Waals surface area contributed by atoms with E-state index >= 15 is 0 Å². The number of hydrogen-bond acceptors (Lipinski definition) is 4. The summed E-state index contributed by atoms with van der Waals surface area (Å²) in [4.78, 5) is 15.3. The third-order valence-corrected chi connectivity index (χ3v) is 7.17. The SMILES string of the molecule is CC(=O)N[C@@H]1C[C@@H]2CN(Cc3sc4ccccc4c3C)C[C@@H]2C[C@H]1O. The summed E-state index contributed by atoms with van der Waals surface area (Å²) in [5, 5.41) is 14.7. The van der Waals surface area contributed by atoms with Crippen molar-refractivity contribution in [1.29, 1.82) is 0 Å². The van der Waals surface area contributed by atoms with Crippen molar-refractivity contribution in [3.8, 4) is 0 Å². The van der Waals surface area contributed by atoms with Crippen molar-refractivity contribution in [3.05, 3.63) is 34.7 Å². The minimum Gasteiger partial charge on any atom is -0.391 e. The molecule has 1 amide bonds. The average molecular weight is 359 g/mol. The molecule has 0 spiro atoms. The minimum absolute atomic E-state index is 0.0433. The molecule has 4 nitrogen and oxygen atoms in total. The molecule has 2 heterocycles. The van der Waals surface area contributed by atoms with Crippen LogP contribution in [0.3, 0.4) is 0 Å². The summed E-state index contributed by atoms with van der Waals surface area (Å²) in [5.41, 5.74) is 1.41. The quantitative estimate of drug-likeness (QED) is 0.887. The van der Waals surface area contributed by atoms with Crippen LogP contribution in [-0.2, 0) is 11.3 Å². The van der Waals surface area contributed by atoms with E-state index in [1.807, 2.05) is 11.3 Å². The summed E-state index contributed by atoms with van der Waals surface area (Å²) >= 11 is 1.91. The van der Waals surface area contributed by atoms with E-state index in [0.29, 0.717) is 11.8 Å². The predicted molar refractivity (Wildman–Crippen MR) is 102 cm³/mol. The molecule has 134 valence electrons. The Morgan fingerprint density at radius 2 is 2.00 bits per heavy atom. The van der Waals surface area contributed by atoms with Crippen molar-refractivity contribution in [2.45, 2.75) is 45.4 Å². The Labute approximate surface area is 152 Å². The Hall–Kier alpha value is -1.43. The van der Waals surface area contributed by atoms with Crippen LogP contribution < -0.4 is 5.32 Å². The fraction of sp³-hybridized carbons (Fsp3) is 0.550. The largest absolute Gasteiger partial charge is 0.391 e. The van der Waals surface area contributed by atoms with Gasteiger partial charge in [0.05, 0.1) is 12.1 Å². The molecule has 0 radical (unpaired) electrons. The monoisotopic (exact) mass is 358 g/mol. The standard InChI is InChI=1S/C20H26N2O2S/c1-12-16-5-3-4-6-19(16)25-20(12)11-22-9-14-7-17(21-13(2)23)18(24)8-15(14)10-22/h3-6,14-15,17-18,24H,7-11H2,1-2H3,(H,21,23)/t14-,15+,17-,18-/m1/s1. The Morgan fingerprint density at radius 3 is 2.72 bits per heavy atom. The smallest absolute Gasteiger partial charge is 0.217 e.